The van der Waals surface area contributed by atoms with Gasteiger partial charge in [0.05, 0.1) is 12.8 Å². The second-order valence-electron chi connectivity index (χ2n) is 3.40. The summed E-state index contributed by atoms with van der Waals surface area (Å²) in [7, 11) is 1.46. The number of nitrogens with two attached hydrogens (primary N) is 1. The molecule has 0 fully saturated rings. The van der Waals surface area contributed by atoms with Crippen LogP contribution in [-0.4, -0.2) is 12.1 Å². The molecule has 1 aromatic carbocycles. The van der Waals surface area contributed by atoms with Crippen molar-refractivity contribution in [2.75, 3.05) is 12.5 Å². The molecule has 0 bridgehead atoms. The Morgan fingerprint density at radius 2 is 2.18 bits per heavy atom. The Morgan fingerprint density at radius 3 is 2.76 bits per heavy atom. The molecular weight excluding hydrogens is 228 g/mol. The molecule has 3 N–H and O–H groups in total. The number of hydrogen-bond acceptors (Lipinski definition) is 4. The van der Waals surface area contributed by atoms with E-state index in [-0.39, 0.29) is 5.69 Å². The van der Waals surface area contributed by atoms with E-state index in [2.05, 4.69) is 10.4 Å². The number of pyridine rings is 1. The molecule has 0 saturated heterocycles. The number of nitrogens with zero attached hydrogens (tertiary/aromatic N) is 1. The van der Waals surface area contributed by atoms with Crippen LogP contribution in [0, 0.1) is 0 Å². The number of alkyl halides is 2. The van der Waals surface area contributed by atoms with Crippen molar-refractivity contribution in [1.29, 1.82) is 0 Å². The number of ether oxygens (including phenoxy) is 1. The van der Waals surface area contributed by atoms with Gasteiger partial charge in [-0.15, -0.1) is 0 Å². The van der Waals surface area contributed by atoms with E-state index in [4.69, 9.17) is 10.6 Å². The number of aromatic nitrogens is 1. The maximum atomic E-state index is 12.7. The fraction of sp³-hybridized carbons (Fsp3) is 0.182. The molecular formula is C11H11F2N3O. The maximum Gasteiger partial charge on any atom is 0.280 e. The number of fused-ring (bicyclic) bond motifs is 1. The summed E-state index contributed by atoms with van der Waals surface area (Å²) in [6.45, 7) is 0. The predicted octanol–water partition coefficient (Wildman–Crippen LogP) is 2.47. The third kappa shape index (κ3) is 1.99. The Hall–Kier alpha value is -1.95. The van der Waals surface area contributed by atoms with E-state index >= 15 is 0 Å². The second-order valence-corrected chi connectivity index (χ2v) is 3.40. The van der Waals surface area contributed by atoms with Crippen molar-refractivity contribution >= 4 is 16.6 Å². The first-order valence-corrected chi connectivity index (χ1v) is 4.89. The standard InChI is InChI=1S/C11H11F2N3O/c1-17-9-4-2-3-6-7(16-14)5-8(11(12)13)15-10(6)9/h2-5,11H,14H2,1H3,(H,15,16). The van der Waals surface area contributed by atoms with Gasteiger partial charge in [-0.05, 0) is 12.1 Å². The number of nitrogen functional groups attached to an aromatic ring is 1. The number of benzene rings is 1. The molecule has 0 atom stereocenters. The summed E-state index contributed by atoms with van der Waals surface area (Å²) >= 11 is 0. The van der Waals surface area contributed by atoms with Gasteiger partial charge in [0.1, 0.15) is 17.0 Å². The largest absolute Gasteiger partial charge is 0.494 e. The molecule has 17 heavy (non-hydrogen) atoms. The highest BCUT2D eigenvalue weighted by molar-refractivity contribution is 5.94. The van der Waals surface area contributed by atoms with Crippen molar-refractivity contribution in [3.8, 4) is 5.75 Å². The Labute approximate surface area is 96.4 Å². The summed E-state index contributed by atoms with van der Waals surface area (Å²) in [6.07, 6.45) is -2.66. The van der Waals surface area contributed by atoms with E-state index in [9.17, 15) is 8.78 Å². The molecule has 4 nitrogen and oxygen atoms in total. The maximum absolute atomic E-state index is 12.7. The van der Waals surface area contributed by atoms with Crippen molar-refractivity contribution in [2.45, 2.75) is 6.43 Å². The van der Waals surface area contributed by atoms with Crippen LogP contribution in [0.2, 0.25) is 0 Å². The van der Waals surface area contributed by atoms with Crippen LogP contribution in [-0.2, 0) is 0 Å². The average molecular weight is 239 g/mol. The molecule has 0 aliphatic rings. The van der Waals surface area contributed by atoms with Crippen molar-refractivity contribution in [3.63, 3.8) is 0 Å². The molecule has 1 aromatic heterocycles. The molecule has 1 heterocycles. The van der Waals surface area contributed by atoms with E-state index in [1.54, 1.807) is 18.2 Å². The minimum Gasteiger partial charge on any atom is -0.494 e. The van der Waals surface area contributed by atoms with Gasteiger partial charge in [0, 0.05) is 5.39 Å². The molecule has 0 spiro atoms. The van der Waals surface area contributed by atoms with Crippen LogP contribution in [0.15, 0.2) is 24.3 Å². The highest BCUT2D eigenvalue weighted by Crippen LogP contribution is 2.31. The summed E-state index contributed by atoms with van der Waals surface area (Å²) in [5.41, 5.74) is 2.80. The average Bonchev–Trinajstić information content (AvgIpc) is 2.36. The van der Waals surface area contributed by atoms with Crippen LogP contribution >= 0.6 is 0 Å². The fourth-order valence-electron chi connectivity index (χ4n) is 1.64. The van der Waals surface area contributed by atoms with E-state index in [1.807, 2.05) is 0 Å². The highest BCUT2D eigenvalue weighted by atomic mass is 19.3. The summed E-state index contributed by atoms with van der Waals surface area (Å²) < 4.78 is 30.4. The Kier molecular flexibility index (Phi) is 3.06. The lowest BCUT2D eigenvalue weighted by molar-refractivity contribution is 0.146. The lowest BCUT2D eigenvalue weighted by Crippen LogP contribution is -2.08. The molecule has 0 amide bonds. The number of rotatable bonds is 3. The quantitative estimate of drug-likeness (QED) is 0.638. The zero-order chi connectivity index (χ0) is 12.4. The van der Waals surface area contributed by atoms with Crippen molar-refractivity contribution in [1.82, 2.24) is 4.98 Å². The Bertz CT molecular complexity index is 545. The minimum atomic E-state index is -2.66. The number of nitrogens with one attached hydrogen (secondary N) is 1. The van der Waals surface area contributed by atoms with Crippen molar-refractivity contribution in [2.24, 2.45) is 5.84 Å². The predicted molar refractivity (Wildman–Crippen MR) is 61.1 cm³/mol. The summed E-state index contributed by atoms with van der Waals surface area (Å²) in [4.78, 5) is 3.88. The van der Waals surface area contributed by atoms with Crippen molar-refractivity contribution < 1.29 is 13.5 Å². The number of halogens is 2. The van der Waals surface area contributed by atoms with E-state index in [0.29, 0.717) is 22.3 Å². The van der Waals surface area contributed by atoms with Gasteiger partial charge in [-0.1, -0.05) is 12.1 Å². The van der Waals surface area contributed by atoms with E-state index in [1.165, 1.54) is 13.2 Å². The van der Waals surface area contributed by atoms with Crippen LogP contribution in [0.25, 0.3) is 10.9 Å². The van der Waals surface area contributed by atoms with E-state index < -0.39 is 6.43 Å². The molecule has 0 aliphatic carbocycles. The molecule has 90 valence electrons. The fourth-order valence-corrected chi connectivity index (χ4v) is 1.64. The summed E-state index contributed by atoms with van der Waals surface area (Å²) in [6, 6.07) is 6.36. The molecule has 6 heteroatoms. The van der Waals surface area contributed by atoms with Crippen LogP contribution < -0.4 is 16.0 Å². The Balaban J connectivity index is 2.78. The molecule has 0 radical (unpaired) electrons. The number of anilines is 1. The van der Waals surface area contributed by atoms with Gasteiger partial charge < -0.3 is 10.2 Å². The summed E-state index contributed by atoms with van der Waals surface area (Å²) in [5, 5.41) is 0.635. The molecule has 2 rings (SSSR count). The lowest BCUT2D eigenvalue weighted by Gasteiger charge is -2.10. The van der Waals surface area contributed by atoms with Gasteiger partial charge in [-0.3, -0.25) is 5.84 Å². The van der Waals surface area contributed by atoms with Crippen LogP contribution in [0.3, 0.4) is 0 Å². The molecule has 2 aromatic rings. The minimum absolute atomic E-state index is 0.338. The topological polar surface area (TPSA) is 60.2 Å². The number of para-hydroxylation sites is 1. The first-order chi connectivity index (χ1) is 8.17. The van der Waals surface area contributed by atoms with Gasteiger partial charge in [0.15, 0.2) is 0 Å². The monoisotopic (exact) mass is 239 g/mol. The van der Waals surface area contributed by atoms with E-state index in [0.717, 1.165) is 0 Å². The van der Waals surface area contributed by atoms with Crippen LogP contribution in [0.1, 0.15) is 12.1 Å². The number of hydrogen-bond donors (Lipinski definition) is 2. The zero-order valence-electron chi connectivity index (χ0n) is 9.08. The first kappa shape index (κ1) is 11.5. The highest BCUT2D eigenvalue weighted by Gasteiger charge is 2.14. The Morgan fingerprint density at radius 1 is 1.41 bits per heavy atom. The van der Waals surface area contributed by atoms with Crippen LogP contribution in [0.4, 0.5) is 14.5 Å². The summed E-state index contributed by atoms with van der Waals surface area (Å²) in [5.74, 6) is 5.74. The first-order valence-electron chi connectivity index (χ1n) is 4.89. The third-order valence-electron chi connectivity index (χ3n) is 2.42. The van der Waals surface area contributed by atoms with Gasteiger partial charge >= 0.3 is 0 Å². The van der Waals surface area contributed by atoms with Crippen LogP contribution in [0.5, 0.6) is 5.75 Å². The second kappa shape index (κ2) is 4.50. The zero-order valence-corrected chi connectivity index (χ0v) is 9.08. The third-order valence-corrected chi connectivity index (χ3v) is 2.42. The normalized spacial score (nSPS) is 10.9. The number of methoxy groups -OCH3 is 1. The smallest absolute Gasteiger partial charge is 0.280 e. The van der Waals surface area contributed by atoms with Gasteiger partial charge in [-0.25, -0.2) is 13.8 Å². The lowest BCUT2D eigenvalue weighted by atomic mass is 10.1. The molecule has 0 unspecified atom stereocenters. The SMILES string of the molecule is COc1cccc2c(NN)cc(C(F)F)nc12. The van der Waals surface area contributed by atoms with Gasteiger partial charge in [0.2, 0.25) is 0 Å². The number of hydrazine groups is 1. The molecule has 0 aliphatic heterocycles. The van der Waals surface area contributed by atoms with Gasteiger partial charge in [-0.2, -0.15) is 0 Å². The van der Waals surface area contributed by atoms with Crippen molar-refractivity contribution in [3.05, 3.63) is 30.0 Å². The van der Waals surface area contributed by atoms with Gasteiger partial charge in [0.25, 0.3) is 6.43 Å². The molecule has 0 saturated carbocycles.